The van der Waals surface area contributed by atoms with Gasteiger partial charge in [-0.05, 0) is 101 Å². The fourth-order valence-corrected chi connectivity index (χ4v) is 12.7. The number of rotatable bonds is 52. The van der Waals surface area contributed by atoms with Gasteiger partial charge in [0.25, 0.3) is 0 Å². The zero-order valence-electron chi connectivity index (χ0n) is 63.7. The molecular formula is C76H116N14O19. The number of nitrogens with one attached hydrogen (secondary N) is 11. The lowest BCUT2D eigenvalue weighted by atomic mass is 10.0. The molecule has 1 unspecified atom stereocenters. The van der Waals surface area contributed by atoms with Gasteiger partial charge in [0, 0.05) is 49.3 Å². The van der Waals surface area contributed by atoms with Gasteiger partial charge in [-0.25, -0.2) is 4.79 Å². The molecule has 13 atom stereocenters. The van der Waals surface area contributed by atoms with Gasteiger partial charge >= 0.3 is 5.97 Å². The first-order chi connectivity index (χ1) is 51.7. The second-order valence-corrected chi connectivity index (χ2v) is 29.1. The van der Waals surface area contributed by atoms with E-state index in [2.05, 4.69) is 58.2 Å². The summed E-state index contributed by atoms with van der Waals surface area (Å²) in [6.45, 7) is 10.2. The molecule has 2 aromatic carbocycles. The number of carboxylic acid groups (broad SMARTS) is 1. The number of aldehydes is 1. The first-order valence-electron chi connectivity index (χ1n) is 37.9. The summed E-state index contributed by atoms with van der Waals surface area (Å²) in [7, 11) is 0. The smallest absolute Gasteiger partial charge is 0.326 e. The van der Waals surface area contributed by atoms with Crippen molar-refractivity contribution >= 4 is 100.0 Å². The molecule has 13 amide bonds. The Bertz CT molecular complexity index is 3520. The third kappa shape index (κ3) is 32.8. The van der Waals surface area contributed by atoms with Crippen molar-refractivity contribution in [1.29, 1.82) is 0 Å². The van der Waals surface area contributed by atoms with Gasteiger partial charge in [0.2, 0.25) is 76.8 Å². The molecule has 1 saturated heterocycles. The lowest BCUT2D eigenvalue weighted by molar-refractivity contribution is -0.142. The number of benzene rings is 2. The molecule has 604 valence electrons. The Hall–Kier alpha value is -9.89. The van der Waals surface area contributed by atoms with Gasteiger partial charge < -0.3 is 99.7 Å². The maximum Gasteiger partial charge on any atom is 0.326 e. The minimum Gasteiger partial charge on any atom is -0.480 e. The number of aromatic amines is 1. The predicted octanol–water partition coefficient (Wildman–Crippen LogP) is 0.544. The molecule has 1 aliphatic heterocycles. The van der Waals surface area contributed by atoms with Crippen LogP contribution >= 0.6 is 0 Å². The van der Waals surface area contributed by atoms with Gasteiger partial charge in [0.15, 0.2) is 0 Å². The van der Waals surface area contributed by atoms with Gasteiger partial charge in [-0.15, -0.1) is 0 Å². The SMILES string of the molecule is CC(C)C[C@H](NC(=O)[C@H](CCC(N)=O)NC(=O)[C@@H]1CCCN1C(=O)CCCCCCCCCCCCCCC(=O)N[C@@H](CO)C(=O)N[C@H](C(=O)N[C@@H](CC(C)C)C(=O)N[C@@H](CC(N)=O)C(=O)N[C@H](C=O)Cc1ccccc1)C(C)O)C(=O)N[C@H](C(=O)N[C@@H](C)C(=O)N[C@@H](Cc1c[nH]c2ccccc12)C(=O)O)[C@@H](C)O. The van der Waals surface area contributed by atoms with Gasteiger partial charge in [0.05, 0.1) is 31.3 Å². The lowest BCUT2D eigenvalue weighted by Crippen LogP contribution is -2.61. The maximum atomic E-state index is 14.0. The van der Waals surface area contributed by atoms with Crippen LogP contribution in [0.5, 0.6) is 0 Å². The molecule has 1 aromatic heterocycles. The van der Waals surface area contributed by atoms with E-state index in [0.717, 1.165) is 80.7 Å². The van der Waals surface area contributed by atoms with E-state index in [1.165, 1.54) is 25.7 Å². The van der Waals surface area contributed by atoms with E-state index in [9.17, 15) is 92.3 Å². The fourth-order valence-electron chi connectivity index (χ4n) is 12.7. The number of nitrogens with zero attached hydrogens (tertiary/aromatic N) is 1. The summed E-state index contributed by atoms with van der Waals surface area (Å²) in [5, 5.41) is 67.0. The molecule has 33 nitrogen and oxygen atoms in total. The molecule has 4 rings (SSSR count). The van der Waals surface area contributed by atoms with Gasteiger partial charge in [-0.2, -0.15) is 0 Å². The molecule has 0 aliphatic carbocycles. The molecule has 19 N–H and O–H groups in total. The van der Waals surface area contributed by atoms with Crippen LogP contribution in [-0.4, -0.2) is 211 Å². The normalized spacial score (nSPS) is 16.0. The number of aliphatic hydroxyl groups is 3. The Labute approximate surface area is 636 Å². The van der Waals surface area contributed by atoms with E-state index >= 15 is 0 Å². The van der Waals surface area contributed by atoms with Crippen LogP contribution in [0.25, 0.3) is 10.9 Å². The third-order valence-electron chi connectivity index (χ3n) is 18.7. The van der Waals surface area contributed by atoms with Crippen molar-refractivity contribution in [3.8, 4) is 0 Å². The Kier molecular flexibility index (Phi) is 40.1. The first kappa shape index (κ1) is 91.5. The van der Waals surface area contributed by atoms with E-state index in [-0.39, 0.29) is 69.1 Å². The molecule has 0 saturated carbocycles. The highest BCUT2D eigenvalue weighted by Gasteiger charge is 2.39. The Morgan fingerprint density at radius 2 is 1.00 bits per heavy atom. The van der Waals surface area contributed by atoms with Crippen LogP contribution in [0.2, 0.25) is 0 Å². The van der Waals surface area contributed by atoms with Crippen LogP contribution < -0.4 is 64.6 Å². The Morgan fingerprint density at radius 3 is 1.53 bits per heavy atom. The van der Waals surface area contributed by atoms with Gasteiger partial charge in [-0.1, -0.05) is 140 Å². The molecule has 0 radical (unpaired) electrons. The molecule has 2 heterocycles. The number of likely N-dealkylation sites (tertiary alicyclic amines) is 1. The second-order valence-electron chi connectivity index (χ2n) is 29.1. The quantitative estimate of drug-likeness (QED) is 0.0271. The van der Waals surface area contributed by atoms with Crippen molar-refractivity contribution in [2.24, 2.45) is 23.3 Å². The number of aliphatic hydroxyl groups excluding tert-OH is 3. The maximum absolute atomic E-state index is 14.0. The fraction of sp³-hybridized carbons (Fsp3) is 0.618. The zero-order chi connectivity index (χ0) is 80.9. The Balaban J connectivity index is 1.15. The summed E-state index contributed by atoms with van der Waals surface area (Å²) in [5.41, 5.74) is 13.0. The number of para-hydroxylation sites is 1. The molecule has 3 aromatic rings. The average Bonchev–Trinajstić information content (AvgIpc) is 1.79. The van der Waals surface area contributed by atoms with Crippen molar-refractivity contribution in [3.63, 3.8) is 0 Å². The van der Waals surface area contributed by atoms with Crippen molar-refractivity contribution in [2.75, 3.05) is 13.2 Å². The molecule has 0 spiro atoms. The Morgan fingerprint density at radius 1 is 0.514 bits per heavy atom. The zero-order valence-corrected chi connectivity index (χ0v) is 63.7. The van der Waals surface area contributed by atoms with E-state index < -0.39 is 169 Å². The first-order valence-corrected chi connectivity index (χ1v) is 37.9. The molecule has 109 heavy (non-hydrogen) atoms. The van der Waals surface area contributed by atoms with Gasteiger partial charge in [-0.3, -0.25) is 62.3 Å². The molecule has 33 heteroatoms. The minimum absolute atomic E-state index is 0.00354. The van der Waals surface area contributed by atoms with Crippen LogP contribution in [-0.2, 0) is 84.8 Å². The number of carboxylic acids is 1. The average molecular weight is 1530 g/mol. The number of aromatic nitrogens is 1. The topological polar surface area (TPSA) is 528 Å². The summed E-state index contributed by atoms with van der Waals surface area (Å²) >= 11 is 0. The molecule has 1 fully saturated rings. The van der Waals surface area contributed by atoms with Crippen LogP contribution in [0, 0.1) is 11.8 Å². The van der Waals surface area contributed by atoms with E-state index in [1.54, 1.807) is 76.4 Å². The number of nitrogens with two attached hydrogens (primary N) is 2. The largest absolute Gasteiger partial charge is 0.480 e. The van der Waals surface area contributed by atoms with E-state index in [1.807, 2.05) is 12.1 Å². The standard InChI is InChI=1S/C76H116N14O19/c1-44(2)36-55(70(102)85-57(40-62(78)96)69(101)81-51(42-91)38-49-26-19-18-20-27-49)86-75(107)66(48(7)94)89-72(104)59(43-92)82-63(97)31-21-16-14-12-10-8-9-11-13-15-17-22-32-64(98)90-35-25-30-60(90)73(105)83-54(33-34-61(77)95)68(100)84-56(37-45(3)4)71(103)88-65(47(6)93)74(106)80-46(5)67(99)87-58(76(108)109)39-50-41-79-53-29-24-23-28-52(50)53/h18-20,23-24,26-29,41-42,44-48,51,54-60,65-66,79,92-94H,8-17,21-22,25,30-40,43H2,1-7H3,(H2,77,95)(H2,78,96)(H,80,106)(H,81,101)(H,82,97)(H,83,105)(H,84,100)(H,85,102)(H,86,107)(H,87,99)(H,88,103)(H,89,104)(H,108,109)/t46-,47+,48?,51-,54-,55-,56-,57-,58-,59-,60-,65-,66-/m0/s1. The minimum atomic E-state index is -1.67. The number of hydrogen-bond donors (Lipinski definition) is 17. The number of carbonyl (C=O) groups is 15. The number of aliphatic carboxylic acids is 1. The number of unbranched alkanes of at least 4 members (excludes halogenated alkanes) is 11. The molecular weight excluding hydrogens is 1410 g/mol. The highest BCUT2D eigenvalue weighted by molar-refractivity contribution is 5.99. The summed E-state index contributed by atoms with van der Waals surface area (Å²) in [6, 6.07) is 0.895. The lowest BCUT2D eigenvalue weighted by Gasteiger charge is -2.29. The summed E-state index contributed by atoms with van der Waals surface area (Å²) in [4.78, 5) is 202. The second kappa shape index (κ2) is 47.8. The number of hydrogen-bond acceptors (Lipinski definition) is 18. The summed E-state index contributed by atoms with van der Waals surface area (Å²) in [6.07, 6.45) is 9.19. The van der Waals surface area contributed by atoms with E-state index in [0.29, 0.717) is 44.1 Å². The predicted molar refractivity (Wildman–Crippen MR) is 402 cm³/mol. The van der Waals surface area contributed by atoms with Crippen LogP contribution in [0.15, 0.2) is 60.8 Å². The third-order valence-corrected chi connectivity index (χ3v) is 18.7. The van der Waals surface area contributed by atoms with E-state index in [4.69, 9.17) is 11.5 Å². The molecule has 0 bridgehead atoms. The van der Waals surface area contributed by atoms with Crippen molar-refractivity contribution in [3.05, 3.63) is 71.9 Å². The monoisotopic (exact) mass is 1530 g/mol. The highest BCUT2D eigenvalue weighted by Crippen LogP contribution is 2.23. The molecule has 1 aliphatic rings. The number of amides is 13. The number of carbonyl (C=O) groups excluding carboxylic acids is 14. The summed E-state index contributed by atoms with van der Waals surface area (Å²) in [5.74, 6) is -12.3. The van der Waals surface area contributed by atoms with Crippen molar-refractivity contribution in [2.45, 2.75) is 275 Å². The number of H-pyrrole nitrogens is 1. The number of primary amides is 2. The number of fused-ring (bicyclic) bond motifs is 1. The highest BCUT2D eigenvalue weighted by atomic mass is 16.4. The van der Waals surface area contributed by atoms with Crippen LogP contribution in [0.1, 0.15) is 194 Å². The van der Waals surface area contributed by atoms with Crippen LogP contribution in [0.4, 0.5) is 0 Å². The summed E-state index contributed by atoms with van der Waals surface area (Å²) < 4.78 is 0. The van der Waals surface area contributed by atoms with Crippen LogP contribution in [0.3, 0.4) is 0 Å². The van der Waals surface area contributed by atoms with Crippen molar-refractivity contribution in [1.82, 2.24) is 63.1 Å². The van der Waals surface area contributed by atoms with Crippen molar-refractivity contribution < 1.29 is 92.3 Å². The van der Waals surface area contributed by atoms with Gasteiger partial charge in [0.1, 0.15) is 66.7 Å².